The molecule has 0 spiro atoms. The fraction of sp³-hybridized carbons (Fsp3) is 0.176. The van der Waals surface area contributed by atoms with Crippen molar-refractivity contribution in [2.75, 3.05) is 17.0 Å². The summed E-state index contributed by atoms with van der Waals surface area (Å²) in [5.41, 5.74) is 0.508. The van der Waals surface area contributed by atoms with Crippen molar-refractivity contribution in [3.05, 3.63) is 54.1 Å². The van der Waals surface area contributed by atoms with Crippen molar-refractivity contribution in [2.45, 2.75) is 12.1 Å². The summed E-state index contributed by atoms with van der Waals surface area (Å²) in [4.78, 5) is 26.2. The Morgan fingerprint density at radius 3 is 2.31 bits per heavy atom. The lowest BCUT2D eigenvalue weighted by molar-refractivity contribution is -0.121. The second-order valence-electron chi connectivity index (χ2n) is 5.75. The minimum atomic E-state index is -1.14. The molecule has 0 saturated carbocycles. The summed E-state index contributed by atoms with van der Waals surface area (Å²) in [7, 11) is 1.53. The number of amides is 2. The van der Waals surface area contributed by atoms with E-state index in [9.17, 15) is 18.4 Å². The fourth-order valence-corrected chi connectivity index (χ4v) is 2.99. The molecule has 2 aromatic carbocycles. The van der Waals surface area contributed by atoms with Crippen LogP contribution in [0.2, 0.25) is 0 Å². The average molecular weight is 358 g/mol. The van der Waals surface area contributed by atoms with E-state index in [2.05, 4.69) is 10.3 Å². The molecule has 9 heteroatoms. The van der Waals surface area contributed by atoms with Crippen molar-refractivity contribution in [2.24, 2.45) is 10.3 Å². The van der Waals surface area contributed by atoms with E-state index < -0.39 is 35.5 Å². The first kappa shape index (κ1) is 16.1. The summed E-state index contributed by atoms with van der Waals surface area (Å²) in [6.07, 6.45) is 0. The zero-order valence-electron chi connectivity index (χ0n) is 13.5. The van der Waals surface area contributed by atoms with Gasteiger partial charge in [0.05, 0.1) is 18.5 Å². The largest absolute Gasteiger partial charge is 0.497 e. The van der Waals surface area contributed by atoms with Gasteiger partial charge in [0.2, 0.25) is 0 Å². The normalized spacial score (nSPS) is 21.5. The number of benzene rings is 2. The maximum Gasteiger partial charge on any atom is 0.263 e. The highest BCUT2D eigenvalue weighted by atomic mass is 19.2. The lowest BCUT2D eigenvalue weighted by atomic mass is 10.1. The predicted molar refractivity (Wildman–Crippen MR) is 86.8 cm³/mol. The number of carbonyl (C=O) groups is 2. The number of rotatable bonds is 3. The molecule has 26 heavy (non-hydrogen) atoms. The predicted octanol–water partition coefficient (Wildman–Crippen LogP) is 2.47. The third-order valence-corrected chi connectivity index (χ3v) is 4.28. The van der Waals surface area contributed by atoms with E-state index in [4.69, 9.17) is 4.74 Å². The van der Waals surface area contributed by atoms with Crippen LogP contribution in [0.5, 0.6) is 5.75 Å². The highest BCUT2D eigenvalue weighted by Crippen LogP contribution is 2.35. The number of carbonyl (C=O) groups excluding carboxylic acids is 2. The standard InChI is InChI=1S/C17H12F2N4O3/c1-26-11-5-2-9(3-6-11)23-15-14(20-21-23)16(24)22(17(15)25)10-4-7-12(18)13(19)8-10/h2-8,14-15H,1H3. The number of hydrogen-bond acceptors (Lipinski definition) is 6. The number of fused-ring (bicyclic) bond motifs is 1. The van der Waals surface area contributed by atoms with Crippen LogP contribution in [0, 0.1) is 11.6 Å². The van der Waals surface area contributed by atoms with Gasteiger partial charge in [-0.2, -0.15) is 5.11 Å². The highest BCUT2D eigenvalue weighted by Gasteiger charge is 2.55. The molecule has 2 heterocycles. The smallest absolute Gasteiger partial charge is 0.263 e. The van der Waals surface area contributed by atoms with Gasteiger partial charge in [-0.1, -0.05) is 5.22 Å². The number of halogens is 2. The Bertz CT molecular complexity index is 932. The van der Waals surface area contributed by atoms with E-state index in [-0.39, 0.29) is 5.69 Å². The summed E-state index contributed by atoms with van der Waals surface area (Å²) in [5, 5.41) is 9.14. The molecule has 2 aliphatic heterocycles. The maximum atomic E-state index is 13.5. The maximum absolute atomic E-state index is 13.5. The second kappa shape index (κ2) is 5.87. The third kappa shape index (κ3) is 2.32. The van der Waals surface area contributed by atoms with Gasteiger partial charge in [0, 0.05) is 6.07 Å². The van der Waals surface area contributed by atoms with Crippen LogP contribution >= 0.6 is 0 Å². The SMILES string of the molecule is COc1ccc(N2N=NC3C(=O)N(c4ccc(F)c(F)c4)C(=O)C32)cc1. The molecule has 7 nitrogen and oxygen atoms in total. The zero-order chi connectivity index (χ0) is 18.4. The summed E-state index contributed by atoms with van der Waals surface area (Å²) in [6, 6.07) is 7.57. The van der Waals surface area contributed by atoms with Gasteiger partial charge in [-0.15, -0.1) is 0 Å². The summed E-state index contributed by atoms with van der Waals surface area (Å²) in [5.74, 6) is -2.82. The lowest BCUT2D eigenvalue weighted by Crippen LogP contribution is -2.39. The van der Waals surface area contributed by atoms with E-state index in [0.29, 0.717) is 11.4 Å². The minimum absolute atomic E-state index is 0.0434. The first-order valence-corrected chi connectivity index (χ1v) is 7.68. The molecule has 132 valence electrons. The number of methoxy groups -OCH3 is 1. The molecule has 2 aliphatic rings. The molecule has 1 fully saturated rings. The van der Waals surface area contributed by atoms with Crippen molar-refractivity contribution in [1.29, 1.82) is 0 Å². The van der Waals surface area contributed by atoms with E-state index in [1.54, 1.807) is 24.3 Å². The molecule has 4 rings (SSSR count). The molecule has 1 saturated heterocycles. The quantitative estimate of drug-likeness (QED) is 0.790. The van der Waals surface area contributed by atoms with Crippen molar-refractivity contribution in [1.82, 2.24) is 0 Å². The Labute approximate surface area is 146 Å². The van der Waals surface area contributed by atoms with Crippen molar-refractivity contribution in [3.8, 4) is 5.75 Å². The molecular formula is C17H12F2N4O3. The molecule has 0 aliphatic carbocycles. The van der Waals surface area contributed by atoms with Gasteiger partial charge in [-0.3, -0.25) is 9.59 Å². The van der Waals surface area contributed by atoms with Crippen LogP contribution in [0.3, 0.4) is 0 Å². The Morgan fingerprint density at radius 2 is 1.65 bits per heavy atom. The van der Waals surface area contributed by atoms with E-state index >= 15 is 0 Å². The molecule has 2 amide bonds. The van der Waals surface area contributed by atoms with Gasteiger partial charge in [0.1, 0.15) is 5.75 Å². The van der Waals surface area contributed by atoms with Crippen molar-refractivity contribution in [3.63, 3.8) is 0 Å². The van der Waals surface area contributed by atoms with Crippen LogP contribution in [0.1, 0.15) is 0 Å². The molecule has 2 aromatic rings. The molecule has 0 aromatic heterocycles. The van der Waals surface area contributed by atoms with Gasteiger partial charge in [-0.25, -0.2) is 18.7 Å². The van der Waals surface area contributed by atoms with Crippen LogP contribution in [0.15, 0.2) is 52.8 Å². The lowest BCUT2D eigenvalue weighted by Gasteiger charge is -2.20. The minimum Gasteiger partial charge on any atom is -0.497 e. The number of nitrogens with zero attached hydrogens (tertiary/aromatic N) is 4. The number of ether oxygens (including phenoxy) is 1. The van der Waals surface area contributed by atoms with Crippen LogP contribution in [0.4, 0.5) is 20.2 Å². The van der Waals surface area contributed by atoms with Gasteiger partial charge in [0.15, 0.2) is 23.7 Å². The van der Waals surface area contributed by atoms with Gasteiger partial charge < -0.3 is 4.74 Å². The first-order valence-electron chi connectivity index (χ1n) is 7.68. The highest BCUT2D eigenvalue weighted by molar-refractivity contribution is 6.26. The van der Waals surface area contributed by atoms with Crippen LogP contribution in [-0.2, 0) is 9.59 Å². The van der Waals surface area contributed by atoms with Gasteiger partial charge >= 0.3 is 0 Å². The zero-order valence-corrected chi connectivity index (χ0v) is 13.5. The Kier molecular flexibility index (Phi) is 3.64. The monoisotopic (exact) mass is 358 g/mol. The van der Waals surface area contributed by atoms with Gasteiger partial charge in [-0.05, 0) is 36.4 Å². The molecule has 0 bridgehead atoms. The van der Waals surface area contributed by atoms with Crippen molar-refractivity contribution >= 4 is 23.2 Å². The fourth-order valence-electron chi connectivity index (χ4n) is 2.99. The Morgan fingerprint density at radius 1 is 0.962 bits per heavy atom. The molecule has 2 unspecified atom stereocenters. The summed E-state index contributed by atoms with van der Waals surface area (Å²) in [6.45, 7) is 0. The van der Waals surface area contributed by atoms with Crippen LogP contribution < -0.4 is 14.6 Å². The topological polar surface area (TPSA) is 74.6 Å². The third-order valence-electron chi connectivity index (χ3n) is 4.28. The number of anilines is 2. The van der Waals surface area contributed by atoms with E-state index in [1.807, 2.05) is 0 Å². The number of hydrogen-bond donors (Lipinski definition) is 0. The van der Waals surface area contributed by atoms with Crippen LogP contribution in [-0.4, -0.2) is 31.0 Å². The second-order valence-corrected chi connectivity index (χ2v) is 5.75. The average Bonchev–Trinajstić information content (AvgIpc) is 3.18. The molecular weight excluding hydrogens is 346 g/mol. The Hall–Kier alpha value is -3.36. The van der Waals surface area contributed by atoms with E-state index in [1.165, 1.54) is 18.2 Å². The molecule has 0 radical (unpaired) electrons. The van der Waals surface area contributed by atoms with E-state index in [0.717, 1.165) is 17.0 Å². The van der Waals surface area contributed by atoms with Gasteiger partial charge in [0.25, 0.3) is 11.8 Å². The first-order chi connectivity index (χ1) is 12.5. The van der Waals surface area contributed by atoms with Crippen molar-refractivity contribution < 1.29 is 23.1 Å². The van der Waals surface area contributed by atoms with Crippen LogP contribution in [0.25, 0.3) is 0 Å². The summed E-state index contributed by atoms with van der Waals surface area (Å²) >= 11 is 0. The summed E-state index contributed by atoms with van der Waals surface area (Å²) < 4.78 is 31.7. The molecule has 0 N–H and O–H groups in total. The molecule has 2 atom stereocenters. The number of imide groups is 1. The Balaban J connectivity index is 1.67.